The van der Waals surface area contributed by atoms with Crippen molar-refractivity contribution in [3.05, 3.63) is 54.5 Å². The van der Waals surface area contributed by atoms with Crippen LogP contribution in [0.25, 0.3) is 0 Å². The molecule has 2 aromatic heterocycles. The molecule has 0 fully saturated rings. The van der Waals surface area contributed by atoms with Gasteiger partial charge in [-0.2, -0.15) is 0 Å². The third-order valence-corrected chi connectivity index (χ3v) is 3.39. The van der Waals surface area contributed by atoms with Crippen LogP contribution in [-0.4, -0.2) is 22.1 Å². The summed E-state index contributed by atoms with van der Waals surface area (Å²) in [5, 5.41) is 6.26. The number of nitrogens with two attached hydrogens (primary N) is 1. The second kappa shape index (κ2) is 6.82. The van der Waals surface area contributed by atoms with Crippen molar-refractivity contribution in [1.82, 2.24) is 15.0 Å². The predicted molar refractivity (Wildman–Crippen MR) is 95.0 cm³/mol. The molecule has 24 heavy (non-hydrogen) atoms. The number of benzene rings is 1. The maximum atomic E-state index is 6.16. The molecule has 3 rings (SSSR count). The molecular weight excluding hydrogens is 304 g/mol. The van der Waals surface area contributed by atoms with E-state index in [0.29, 0.717) is 23.1 Å². The van der Waals surface area contributed by atoms with Gasteiger partial charge in [0.05, 0.1) is 7.11 Å². The van der Waals surface area contributed by atoms with Crippen LogP contribution in [0, 0.1) is 6.92 Å². The van der Waals surface area contributed by atoms with Crippen LogP contribution in [0.2, 0.25) is 0 Å². The van der Waals surface area contributed by atoms with Crippen molar-refractivity contribution in [3.63, 3.8) is 0 Å². The monoisotopic (exact) mass is 322 g/mol. The number of rotatable bonds is 5. The molecule has 0 atom stereocenters. The number of ether oxygens (including phenoxy) is 1. The van der Waals surface area contributed by atoms with Crippen molar-refractivity contribution in [2.24, 2.45) is 0 Å². The minimum Gasteiger partial charge on any atom is -0.497 e. The first-order valence-electron chi connectivity index (χ1n) is 7.37. The molecule has 122 valence electrons. The fourth-order valence-electron chi connectivity index (χ4n) is 2.07. The van der Waals surface area contributed by atoms with Gasteiger partial charge in [-0.15, -0.1) is 0 Å². The van der Waals surface area contributed by atoms with Crippen LogP contribution in [0.15, 0.2) is 48.9 Å². The molecule has 0 aliphatic heterocycles. The van der Waals surface area contributed by atoms with Crippen molar-refractivity contribution in [2.75, 3.05) is 23.5 Å². The third-order valence-electron chi connectivity index (χ3n) is 3.39. The number of hydrogen-bond donors (Lipinski definition) is 3. The standard InChI is InChI=1S/C17H18N6O/c1-11-3-8-14(19-9-11)23-17-15(18)16(20-10-21-17)22-12-4-6-13(24-2)7-5-12/h3-10H,18H2,1-2H3,(H2,19,20,21,22,23). The highest BCUT2D eigenvalue weighted by Crippen LogP contribution is 2.28. The lowest BCUT2D eigenvalue weighted by Gasteiger charge is -2.12. The van der Waals surface area contributed by atoms with Crippen LogP contribution in [0.1, 0.15) is 5.56 Å². The predicted octanol–water partition coefficient (Wildman–Crippen LogP) is 3.26. The van der Waals surface area contributed by atoms with Gasteiger partial charge in [0.2, 0.25) is 0 Å². The zero-order valence-electron chi connectivity index (χ0n) is 13.4. The summed E-state index contributed by atoms with van der Waals surface area (Å²) in [6.07, 6.45) is 3.22. The molecule has 7 nitrogen and oxygen atoms in total. The zero-order valence-corrected chi connectivity index (χ0v) is 13.4. The van der Waals surface area contributed by atoms with Gasteiger partial charge in [0.15, 0.2) is 11.6 Å². The Morgan fingerprint density at radius 2 is 1.62 bits per heavy atom. The number of nitrogen functional groups attached to an aromatic ring is 1. The van der Waals surface area contributed by atoms with Crippen molar-refractivity contribution < 1.29 is 4.74 Å². The molecule has 0 amide bonds. The summed E-state index contributed by atoms with van der Waals surface area (Å²) in [5.74, 6) is 2.47. The Morgan fingerprint density at radius 1 is 0.917 bits per heavy atom. The van der Waals surface area contributed by atoms with E-state index in [1.165, 1.54) is 6.33 Å². The summed E-state index contributed by atoms with van der Waals surface area (Å²) < 4.78 is 5.14. The molecule has 0 saturated heterocycles. The van der Waals surface area contributed by atoms with Crippen molar-refractivity contribution in [3.8, 4) is 5.75 Å². The lowest BCUT2D eigenvalue weighted by Crippen LogP contribution is -2.05. The van der Waals surface area contributed by atoms with Gasteiger partial charge >= 0.3 is 0 Å². The lowest BCUT2D eigenvalue weighted by molar-refractivity contribution is 0.415. The van der Waals surface area contributed by atoms with Gasteiger partial charge in [-0.25, -0.2) is 15.0 Å². The Balaban J connectivity index is 1.80. The molecule has 3 aromatic rings. The number of hydrogen-bond acceptors (Lipinski definition) is 7. The molecule has 0 unspecified atom stereocenters. The van der Waals surface area contributed by atoms with Gasteiger partial charge in [-0.1, -0.05) is 6.07 Å². The number of nitrogens with zero attached hydrogens (tertiary/aromatic N) is 3. The number of anilines is 5. The van der Waals surface area contributed by atoms with E-state index in [1.54, 1.807) is 13.3 Å². The third kappa shape index (κ3) is 3.52. The van der Waals surface area contributed by atoms with Crippen LogP contribution in [0.4, 0.5) is 28.8 Å². The highest BCUT2D eigenvalue weighted by atomic mass is 16.5. The second-order valence-corrected chi connectivity index (χ2v) is 5.18. The highest BCUT2D eigenvalue weighted by Gasteiger charge is 2.09. The first kappa shape index (κ1) is 15.5. The molecular formula is C17H18N6O. The molecule has 0 bridgehead atoms. The molecule has 7 heteroatoms. The molecule has 2 heterocycles. The normalized spacial score (nSPS) is 10.2. The molecule has 0 aliphatic rings. The van der Waals surface area contributed by atoms with Crippen LogP contribution < -0.4 is 21.1 Å². The Kier molecular flexibility index (Phi) is 4.42. The Labute approximate surface area is 139 Å². The first-order valence-corrected chi connectivity index (χ1v) is 7.37. The van der Waals surface area contributed by atoms with Gasteiger partial charge in [0.1, 0.15) is 23.6 Å². The topological polar surface area (TPSA) is 98.0 Å². The van der Waals surface area contributed by atoms with Crippen LogP contribution >= 0.6 is 0 Å². The maximum absolute atomic E-state index is 6.16. The smallest absolute Gasteiger partial charge is 0.160 e. The summed E-state index contributed by atoms with van der Waals surface area (Å²) in [6.45, 7) is 1.98. The minimum atomic E-state index is 0.413. The Morgan fingerprint density at radius 3 is 2.25 bits per heavy atom. The van der Waals surface area contributed by atoms with E-state index in [0.717, 1.165) is 17.0 Å². The van der Waals surface area contributed by atoms with Crippen molar-refractivity contribution in [2.45, 2.75) is 6.92 Å². The number of pyridine rings is 1. The Hall–Kier alpha value is -3.35. The largest absolute Gasteiger partial charge is 0.497 e. The average Bonchev–Trinajstić information content (AvgIpc) is 2.61. The highest BCUT2D eigenvalue weighted by molar-refractivity contribution is 5.79. The van der Waals surface area contributed by atoms with Gasteiger partial charge in [0, 0.05) is 11.9 Å². The number of nitrogens with one attached hydrogen (secondary N) is 2. The van der Waals surface area contributed by atoms with E-state index >= 15 is 0 Å². The molecule has 0 saturated carbocycles. The van der Waals surface area contributed by atoms with Gasteiger partial charge in [-0.05, 0) is 42.8 Å². The molecule has 0 spiro atoms. The summed E-state index contributed by atoms with van der Waals surface area (Å²) in [4.78, 5) is 12.7. The van der Waals surface area contributed by atoms with Crippen molar-refractivity contribution >= 4 is 28.8 Å². The second-order valence-electron chi connectivity index (χ2n) is 5.18. The maximum Gasteiger partial charge on any atom is 0.160 e. The molecule has 0 aliphatic carbocycles. The quantitative estimate of drug-likeness (QED) is 0.663. The fourth-order valence-corrected chi connectivity index (χ4v) is 2.07. The number of methoxy groups -OCH3 is 1. The van der Waals surface area contributed by atoms with E-state index in [9.17, 15) is 0 Å². The summed E-state index contributed by atoms with van der Waals surface area (Å²) in [7, 11) is 1.63. The summed E-state index contributed by atoms with van der Waals surface area (Å²) >= 11 is 0. The summed E-state index contributed by atoms with van der Waals surface area (Å²) in [5.41, 5.74) is 8.50. The minimum absolute atomic E-state index is 0.413. The molecule has 1 aromatic carbocycles. The van der Waals surface area contributed by atoms with Crippen LogP contribution in [0.5, 0.6) is 5.75 Å². The van der Waals surface area contributed by atoms with Gasteiger partial charge < -0.3 is 21.1 Å². The number of aryl methyl sites for hydroxylation is 1. The van der Waals surface area contributed by atoms with Crippen LogP contribution in [0.3, 0.4) is 0 Å². The van der Waals surface area contributed by atoms with Gasteiger partial charge in [0.25, 0.3) is 0 Å². The van der Waals surface area contributed by atoms with E-state index in [4.69, 9.17) is 10.5 Å². The van der Waals surface area contributed by atoms with Crippen LogP contribution in [-0.2, 0) is 0 Å². The van der Waals surface area contributed by atoms with E-state index in [1.807, 2.05) is 43.3 Å². The average molecular weight is 322 g/mol. The molecule has 0 radical (unpaired) electrons. The Bertz CT molecular complexity index is 817. The van der Waals surface area contributed by atoms with Gasteiger partial charge in [-0.3, -0.25) is 0 Å². The molecule has 4 N–H and O–H groups in total. The first-order chi connectivity index (χ1) is 11.7. The lowest BCUT2D eigenvalue weighted by atomic mass is 10.3. The number of aromatic nitrogens is 3. The SMILES string of the molecule is COc1ccc(Nc2ncnc(Nc3ccc(C)cn3)c2N)cc1. The van der Waals surface area contributed by atoms with E-state index < -0.39 is 0 Å². The van der Waals surface area contributed by atoms with Crippen molar-refractivity contribution in [1.29, 1.82) is 0 Å². The van der Waals surface area contributed by atoms with E-state index in [2.05, 4.69) is 25.6 Å². The fraction of sp³-hybridized carbons (Fsp3) is 0.118. The zero-order chi connectivity index (χ0) is 16.9. The summed E-state index contributed by atoms with van der Waals surface area (Å²) in [6, 6.07) is 11.3. The van der Waals surface area contributed by atoms with E-state index in [-0.39, 0.29) is 0 Å².